The van der Waals surface area contributed by atoms with E-state index >= 15 is 0 Å². The summed E-state index contributed by atoms with van der Waals surface area (Å²) in [6.45, 7) is 0.886. The van der Waals surface area contributed by atoms with Gasteiger partial charge in [-0.1, -0.05) is 18.2 Å². The van der Waals surface area contributed by atoms with Crippen LogP contribution in [0.15, 0.2) is 24.3 Å². The molecule has 1 aliphatic heterocycles. The van der Waals surface area contributed by atoms with E-state index in [1.54, 1.807) is 6.07 Å². The summed E-state index contributed by atoms with van der Waals surface area (Å²) in [5, 5.41) is 12.1. The van der Waals surface area contributed by atoms with Gasteiger partial charge in [0.05, 0.1) is 6.61 Å². The van der Waals surface area contributed by atoms with Crippen LogP contribution in [-0.2, 0) is 0 Å². The first-order valence-corrected chi connectivity index (χ1v) is 4.90. The highest BCUT2D eigenvalue weighted by molar-refractivity contribution is 5.23. The van der Waals surface area contributed by atoms with Crippen LogP contribution in [0.3, 0.4) is 0 Å². The fourth-order valence-corrected chi connectivity index (χ4v) is 2.00. The smallest absolute Gasteiger partial charge is 0.126 e. The third-order valence-electron chi connectivity index (χ3n) is 2.79. The minimum atomic E-state index is -0.141. The van der Waals surface area contributed by atoms with Crippen molar-refractivity contribution < 1.29 is 9.50 Å². The molecule has 2 N–H and O–H groups in total. The molecule has 0 saturated carbocycles. The van der Waals surface area contributed by atoms with Gasteiger partial charge < -0.3 is 10.4 Å². The van der Waals surface area contributed by atoms with E-state index in [0.29, 0.717) is 0 Å². The first-order valence-electron chi connectivity index (χ1n) is 4.90. The van der Waals surface area contributed by atoms with Gasteiger partial charge in [0.2, 0.25) is 0 Å². The largest absolute Gasteiger partial charge is 0.395 e. The SMILES string of the molecule is OCC1CC(c2ccccc2F)CN1. The summed E-state index contributed by atoms with van der Waals surface area (Å²) in [7, 11) is 0. The maximum atomic E-state index is 13.4. The van der Waals surface area contributed by atoms with Gasteiger partial charge in [-0.15, -0.1) is 0 Å². The van der Waals surface area contributed by atoms with E-state index in [0.717, 1.165) is 18.5 Å². The Morgan fingerprint density at radius 1 is 1.43 bits per heavy atom. The van der Waals surface area contributed by atoms with Crippen molar-refractivity contribution in [3.8, 4) is 0 Å². The number of aliphatic hydroxyl groups excluding tert-OH is 1. The van der Waals surface area contributed by atoms with E-state index in [1.807, 2.05) is 12.1 Å². The van der Waals surface area contributed by atoms with Crippen LogP contribution in [0, 0.1) is 5.82 Å². The average molecular weight is 195 g/mol. The van der Waals surface area contributed by atoms with E-state index in [9.17, 15) is 4.39 Å². The number of aliphatic hydroxyl groups is 1. The summed E-state index contributed by atoms with van der Waals surface area (Å²) in [5.74, 6) is 0.0613. The van der Waals surface area contributed by atoms with Gasteiger partial charge in [-0.2, -0.15) is 0 Å². The summed E-state index contributed by atoms with van der Waals surface area (Å²) in [5.41, 5.74) is 0.760. The van der Waals surface area contributed by atoms with Gasteiger partial charge >= 0.3 is 0 Å². The fourth-order valence-electron chi connectivity index (χ4n) is 2.00. The Hall–Kier alpha value is -0.930. The van der Waals surface area contributed by atoms with Crippen molar-refractivity contribution in [3.05, 3.63) is 35.6 Å². The van der Waals surface area contributed by atoms with Gasteiger partial charge in [0, 0.05) is 18.5 Å². The highest BCUT2D eigenvalue weighted by atomic mass is 19.1. The summed E-state index contributed by atoms with van der Waals surface area (Å²) in [4.78, 5) is 0. The van der Waals surface area contributed by atoms with E-state index in [1.165, 1.54) is 6.07 Å². The molecule has 14 heavy (non-hydrogen) atoms. The predicted octanol–water partition coefficient (Wildman–Crippen LogP) is 1.26. The molecule has 2 unspecified atom stereocenters. The fraction of sp³-hybridized carbons (Fsp3) is 0.455. The Morgan fingerprint density at radius 2 is 2.21 bits per heavy atom. The lowest BCUT2D eigenvalue weighted by molar-refractivity contribution is 0.254. The first kappa shape index (κ1) is 9.62. The predicted molar refractivity (Wildman–Crippen MR) is 52.6 cm³/mol. The molecule has 1 aliphatic rings. The van der Waals surface area contributed by atoms with E-state index in [2.05, 4.69) is 5.32 Å². The van der Waals surface area contributed by atoms with Gasteiger partial charge in [0.15, 0.2) is 0 Å². The quantitative estimate of drug-likeness (QED) is 0.744. The molecule has 2 rings (SSSR count). The van der Waals surface area contributed by atoms with Crippen LogP contribution in [0.1, 0.15) is 17.9 Å². The number of rotatable bonds is 2. The van der Waals surface area contributed by atoms with Gasteiger partial charge in [-0.05, 0) is 18.1 Å². The topological polar surface area (TPSA) is 32.3 Å². The van der Waals surface area contributed by atoms with Gasteiger partial charge in [-0.25, -0.2) is 4.39 Å². The molecule has 1 aromatic carbocycles. The van der Waals surface area contributed by atoms with Crippen LogP contribution in [-0.4, -0.2) is 24.3 Å². The van der Waals surface area contributed by atoms with E-state index < -0.39 is 0 Å². The molecule has 1 saturated heterocycles. The number of nitrogens with one attached hydrogen (secondary N) is 1. The van der Waals surface area contributed by atoms with Crippen LogP contribution in [0.2, 0.25) is 0 Å². The van der Waals surface area contributed by atoms with Crippen LogP contribution >= 0.6 is 0 Å². The molecular formula is C11H14FNO. The molecule has 0 amide bonds. The lowest BCUT2D eigenvalue weighted by atomic mass is 9.96. The average Bonchev–Trinajstić information content (AvgIpc) is 2.67. The maximum Gasteiger partial charge on any atom is 0.126 e. The molecule has 2 nitrogen and oxygen atoms in total. The van der Waals surface area contributed by atoms with Gasteiger partial charge in [-0.3, -0.25) is 0 Å². The molecular weight excluding hydrogens is 181 g/mol. The first-order chi connectivity index (χ1) is 6.81. The maximum absolute atomic E-state index is 13.4. The molecule has 76 valence electrons. The molecule has 0 aliphatic carbocycles. The van der Waals surface area contributed by atoms with Crippen molar-refractivity contribution in [1.29, 1.82) is 0 Å². The highest BCUT2D eigenvalue weighted by Crippen LogP contribution is 2.27. The monoisotopic (exact) mass is 195 g/mol. The van der Waals surface area contributed by atoms with Crippen LogP contribution in [0.25, 0.3) is 0 Å². The second-order valence-electron chi connectivity index (χ2n) is 3.74. The van der Waals surface area contributed by atoms with Crippen LogP contribution in [0.4, 0.5) is 4.39 Å². The van der Waals surface area contributed by atoms with Crippen molar-refractivity contribution >= 4 is 0 Å². The normalized spacial score (nSPS) is 26.7. The van der Waals surface area contributed by atoms with Crippen molar-refractivity contribution in [2.75, 3.05) is 13.2 Å². The third-order valence-corrected chi connectivity index (χ3v) is 2.79. The van der Waals surface area contributed by atoms with Crippen LogP contribution in [0.5, 0.6) is 0 Å². The lowest BCUT2D eigenvalue weighted by Gasteiger charge is -2.09. The lowest BCUT2D eigenvalue weighted by Crippen LogP contribution is -2.24. The van der Waals surface area contributed by atoms with Crippen molar-refractivity contribution in [3.63, 3.8) is 0 Å². The van der Waals surface area contributed by atoms with Crippen molar-refractivity contribution in [2.45, 2.75) is 18.4 Å². The Bertz CT molecular complexity index is 316. The minimum Gasteiger partial charge on any atom is -0.395 e. The van der Waals surface area contributed by atoms with Crippen LogP contribution < -0.4 is 5.32 Å². The summed E-state index contributed by atoms with van der Waals surface area (Å²) < 4.78 is 13.4. The second-order valence-corrected chi connectivity index (χ2v) is 3.74. The zero-order valence-corrected chi connectivity index (χ0v) is 7.91. The molecule has 3 heteroatoms. The molecule has 0 spiro atoms. The Morgan fingerprint density at radius 3 is 2.86 bits per heavy atom. The Balaban J connectivity index is 2.13. The summed E-state index contributed by atoms with van der Waals surface area (Å²) in [6.07, 6.45) is 0.817. The third kappa shape index (κ3) is 1.79. The minimum absolute atomic E-state index is 0.125. The summed E-state index contributed by atoms with van der Waals surface area (Å²) in [6, 6.07) is 6.98. The number of hydrogen-bond donors (Lipinski definition) is 2. The molecule has 1 fully saturated rings. The van der Waals surface area contributed by atoms with E-state index in [-0.39, 0.29) is 24.4 Å². The van der Waals surface area contributed by atoms with Gasteiger partial charge in [0.1, 0.15) is 5.82 Å². The van der Waals surface area contributed by atoms with E-state index in [4.69, 9.17) is 5.11 Å². The summed E-state index contributed by atoms with van der Waals surface area (Å²) >= 11 is 0. The molecule has 2 atom stereocenters. The standard InChI is InChI=1S/C11H14FNO/c12-11-4-2-1-3-10(11)8-5-9(7-14)13-6-8/h1-4,8-9,13-14H,5-7H2. The molecule has 1 aromatic rings. The Kier molecular flexibility index (Phi) is 2.79. The number of benzene rings is 1. The molecule has 0 radical (unpaired) electrons. The van der Waals surface area contributed by atoms with Gasteiger partial charge in [0.25, 0.3) is 0 Å². The number of hydrogen-bond acceptors (Lipinski definition) is 2. The zero-order chi connectivity index (χ0) is 9.97. The molecule has 0 aromatic heterocycles. The second kappa shape index (κ2) is 4.07. The Labute approximate surface area is 82.8 Å². The number of halogens is 1. The van der Waals surface area contributed by atoms with Crippen molar-refractivity contribution in [1.82, 2.24) is 5.32 Å². The molecule has 0 bridgehead atoms. The molecule has 1 heterocycles. The highest BCUT2D eigenvalue weighted by Gasteiger charge is 2.26. The van der Waals surface area contributed by atoms with Crippen molar-refractivity contribution in [2.24, 2.45) is 0 Å². The zero-order valence-electron chi connectivity index (χ0n) is 7.91.